The molecule has 1 rings (SSSR count). The molecule has 1 aromatic carbocycles. The summed E-state index contributed by atoms with van der Waals surface area (Å²) in [5, 5.41) is 0. The fraction of sp³-hybridized carbons (Fsp3) is 0.417. The van der Waals surface area contributed by atoms with Gasteiger partial charge in [0.15, 0.2) is 11.6 Å². The monoisotopic (exact) mass is 210 g/mol. The van der Waals surface area contributed by atoms with Crippen LogP contribution < -0.4 is 4.74 Å². The Morgan fingerprint density at radius 3 is 2.40 bits per heavy atom. The van der Waals surface area contributed by atoms with Crippen molar-refractivity contribution >= 4 is 5.78 Å². The molecule has 0 aromatic heterocycles. The summed E-state index contributed by atoms with van der Waals surface area (Å²) >= 11 is 0. The van der Waals surface area contributed by atoms with Gasteiger partial charge in [-0.2, -0.15) is 0 Å². The van der Waals surface area contributed by atoms with Crippen molar-refractivity contribution in [2.45, 2.75) is 26.2 Å². The second-order valence-electron chi connectivity index (χ2n) is 4.03. The Kier molecular flexibility index (Phi) is 3.12. The van der Waals surface area contributed by atoms with E-state index in [1.54, 1.807) is 19.9 Å². The minimum absolute atomic E-state index is 0.00654. The summed E-state index contributed by atoms with van der Waals surface area (Å²) in [5.41, 5.74) is 0.000851. The molecule has 0 spiro atoms. The summed E-state index contributed by atoms with van der Waals surface area (Å²) < 4.78 is 18.2. The van der Waals surface area contributed by atoms with Crippen LogP contribution in [-0.4, -0.2) is 12.9 Å². The van der Waals surface area contributed by atoms with Gasteiger partial charge in [-0.05, 0) is 38.5 Å². The van der Waals surface area contributed by atoms with Crippen LogP contribution in [0.15, 0.2) is 18.2 Å². The van der Waals surface area contributed by atoms with Crippen LogP contribution in [0.2, 0.25) is 0 Å². The fourth-order valence-corrected chi connectivity index (χ4v) is 1.26. The summed E-state index contributed by atoms with van der Waals surface area (Å²) in [6.07, 6.45) is 0. The van der Waals surface area contributed by atoms with Gasteiger partial charge < -0.3 is 4.74 Å². The highest BCUT2D eigenvalue weighted by atomic mass is 19.1. The van der Waals surface area contributed by atoms with Crippen LogP contribution in [-0.2, 0) is 10.2 Å². The third kappa shape index (κ3) is 2.17. The number of hydrogen-bond donors (Lipinski definition) is 0. The van der Waals surface area contributed by atoms with E-state index in [9.17, 15) is 9.18 Å². The van der Waals surface area contributed by atoms with Gasteiger partial charge >= 0.3 is 0 Å². The largest absolute Gasteiger partial charge is 0.494 e. The van der Waals surface area contributed by atoms with Crippen LogP contribution in [0, 0.1) is 5.82 Å². The van der Waals surface area contributed by atoms with Gasteiger partial charge in [0.05, 0.1) is 7.11 Å². The van der Waals surface area contributed by atoms with Crippen molar-refractivity contribution in [2.75, 3.05) is 7.11 Å². The van der Waals surface area contributed by atoms with Crippen molar-refractivity contribution in [1.82, 2.24) is 0 Å². The van der Waals surface area contributed by atoms with E-state index in [1.807, 2.05) is 0 Å². The summed E-state index contributed by atoms with van der Waals surface area (Å²) in [5.74, 6) is -0.241. The van der Waals surface area contributed by atoms with Crippen molar-refractivity contribution in [3.8, 4) is 5.75 Å². The molecule has 0 N–H and O–H groups in total. The molecule has 15 heavy (non-hydrogen) atoms. The lowest BCUT2D eigenvalue weighted by atomic mass is 9.81. The number of benzene rings is 1. The van der Waals surface area contributed by atoms with Gasteiger partial charge in [0, 0.05) is 5.41 Å². The van der Waals surface area contributed by atoms with Gasteiger partial charge in [-0.25, -0.2) is 4.39 Å². The van der Waals surface area contributed by atoms with Gasteiger partial charge in [0.2, 0.25) is 0 Å². The Morgan fingerprint density at radius 2 is 2.00 bits per heavy atom. The van der Waals surface area contributed by atoms with Crippen molar-refractivity contribution in [3.05, 3.63) is 29.6 Å². The van der Waals surface area contributed by atoms with E-state index in [4.69, 9.17) is 4.74 Å². The quantitative estimate of drug-likeness (QED) is 0.766. The first kappa shape index (κ1) is 11.7. The average Bonchev–Trinajstić information content (AvgIpc) is 2.17. The standard InChI is InChI=1S/C12H15FO2/c1-8(14)12(2,3)9-5-6-11(15-4)10(13)7-9/h5-7H,1-4H3. The second-order valence-corrected chi connectivity index (χ2v) is 4.03. The molecular formula is C12H15FO2. The summed E-state index contributed by atoms with van der Waals surface area (Å²) in [7, 11) is 1.41. The number of halogens is 1. The third-order valence-corrected chi connectivity index (χ3v) is 2.75. The van der Waals surface area contributed by atoms with Crippen LogP contribution in [0.5, 0.6) is 5.75 Å². The molecule has 0 radical (unpaired) electrons. The minimum atomic E-state index is -0.660. The minimum Gasteiger partial charge on any atom is -0.494 e. The van der Waals surface area contributed by atoms with Crippen molar-refractivity contribution in [2.24, 2.45) is 0 Å². The van der Waals surface area contributed by atoms with Crippen molar-refractivity contribution < 1.29 is 13.9 Å². The van der Waals surface area contributed by atoms with Crippen LogP contribution in [0.25, 0.3) is 0 Å². The van der Waals surface area contributed by atoms with E-state index in [2.05, 4.69) is 0 Å². The highest BCUT2D eigenvalue weighted by Gasteiger charge is 2.26. The van der Waals surface area contributed by atoms with E-state index in [-0.39, 0.29) is 11.5 Å². The van der Waals surface area contributed by atoms with Gasteiger partial charge in [-0.15, -0.1) is 0 Å². The molecule has 1 aromatic rings. The Bertz CT molecular complexity index is 383. The van der Waals surface area contributed by atoms with E-state index >= 15 is 0 Å². The average molecular weight is 210 g/mol. The predicted octanol–water partition coefficient (Wildman–Crippen LogP) is 2.70. The number of hydrogen-bond acceptors (Lipinski definition) is 2. The molecule has 0 aliphatic carbocycles. The molecular weight excluding hydrogens is 195 g/mol. The number of ketones is 1. The fourth-order valence-electron chi connectivity index (χ4n) is 1.26. The molecule has 0 heterocycles. The number of methoxy groups -OCH3 is 1. The van der Waals surface area contributed by atoms with E-state index in [0.717, 1.165) is 0 Å². The Hall–Kier alpha value is -1.38. The molecule has 0 atom stereocenters. The van der Waals surface area contributed by atoms with E-state index in [0.29, 0.717) is 5.56 Å². The predicted molar refractivity (Wildman–Crippen MR) is 56.7 cm³/mol. The molecule has 0 saturated carbocycles. The first-order valence-corrected chi connectivity index (χ1v) is 4.74. The first-order chi connectivity index (χ1) is 6.89. The van der Waals surface area contributed by atoms with Crippen LogP contribution >= 0.6 is 0 Å². The molecule has 0 unspecified atom stereocenters. The number of ether oxygens (including phenoxy) is 1. The van der Waals surface area contributed by atoms with Gasteiger partial charge in [-0.3, -0.25) is 4.79 Å². The van der Waals surface area contributed by atoms with E-state index in [1.165, 1.54) is 26.2 Å². The maximum Gasteiger partial charge on any atom is 0.165 e. The molecule has 0 bridgehead atoms. The normalized spacial score (nSPS) is 11.3. The molecule has 0 amide bonds. The molecule has 0 aliphatic rings. The van der Waals surface area contributed by atoms with Gasteiger partial charge in [0.1, 0.15) is 5.78 Å². The Labute approximate surface area is 89.1 Å². The molecule has 82 valence electrons. The lowest BCUT2D eigenvalue weighted by Gasteiger charge is -2.22. The number of Topliss-reactive ketones (excluding diaryl/α,β-unsaturated/α-hetero) is 1. The summed E-state index contributed by atoms with van der Waals surface area (Å²) in [6.45, 7) is 5.05. The zero-order chi connectivity index (χ0) is 11.6. The van der Waals surface area contributed by atoms with Gasteiger partial charge in [-0.1, -0.05) is 6.07 Å². The third-order valence-electron chi connectivity index (χ3n) is 2.75. The molecule has 0 saturated heterocycles. The smallest absolute Gasteiger partial charge is 0.165 e. The Morgan fingerprint density at radius 1 is 1.40 bits per heavy atom. The van der Waals surface area contributed by atoms with Crippen LogP contribution in [0.3, 0.4) is 0 Å². The lowest BCUT2D eigenvalue weighted by molar-refractivity contribution is -0.121. The van der Waals surface area contributed by atoms with Gasteiger partial charge in [0.25, 0.3) is 0 Å². The number of rotatable bonds is 3. The number of carbonyl (C=O) groups excluding carboxylic acids is 1. The summed E-state index contributed by atoms with van der Waals surface area (Å²) in [4.78, 5) is 11.4. The maximum atomic E-state index is 13.4. The molecule has 2 nitrogen and oxygen atoms in total. The Balaban J connectivity index is 3.18. The molecule has 3 heteroatoms. The first-order valence-electron chi connectivity index (χ1n) is 4.74. The maximum absolute atomic E-state index is 13.4. The van der Waals surface area contributed by atoms with Crippen molar-refractivity contribution in [3.63, 3.8) is 0 Å². The topological polar surface area (TPSA) is 26.3 Å². The SMILES string of the molecule is COc1ccc(C(C)(C)C(C)=O)cc1F. The zero-order valence-corrected chi connectivity index (χ0v) is 9.43. The van der Waals surface area contributed by atoms with Crippen LogP contribution in [0.4, 0.5) is 4.39 Å². The van der Waals surface area contributed by atoms with E-state index < -0.39 is 11.2 Å². The second kappa shape index (κ2) is 4.01. The molecule has 0 aliphatic heterocycles. The zero-order valence-electron chi connectivity index (χ0n) is 9.43. The highest BCUT2D eigenvalue weighted by Crippen LogP contribution is 2.28. The molecule has 0 fully saturated rings. The van der Waals surface area contributed by atoms with Crippen LogP contribution in [0.1, 0.15) is 26.3 Å². The lowest BCUT2D eigenvalue weighted by Crippen LogP contribution is -2.26. The highest BCUT2D eigenvalue weighted by molar-refractivity contribution is 5.87. The van der Waals surface area contributed by atoms with Crippen molar-refractivity contribution in [1.29, 1.82) is 0 Å². The number of carbonyl (C=O) groups is 1. The summed E-state index contributed by atoms with van der Waals surface area (Å²) in [6, 6.07) is 4.60.